The molecule has 2 fully saturated rings. The lowest BCUT2D eigenvalue weighted by Crippen LogP contribution is -2.50. The Bertz CT molecular complexity index is 824. The first-order valence-corrected chi connectivity index (χ1v) is 11.5. The molecule has 2 saturated heterocycles. The Kier molecular flexibility index (Phi) is 6.27. The quantitative estimate of drug-likeness (QED) is 0.740. The summed E-state index contributed by atoms with van der Waals surface area (Å²) in [7, 11) is 0. The van der Waals surface area contributed by atoms with E-state index in [1.165, 1.54) is 5.69 Å². The highest BCUT2D eigenvalue weighted by Crippen LogP contribution is 2.25. The van der Waals surface area contributed by atoms with Gasteiger partial charge < -0.3 is 14.7 Å². The monoisotopic (exact) mass is 433 g/mol. The van der Waals surface area contributed by atoms with Gasteiger partial charge in [-0.2, -0.15) is 0 Å². The Labute approximate surface area is 181 Å². The average molecular weight is 434 g/mol. The van der Waals surface area contributed by atoms with E-state index in [0.29, 0.717) is 11.7 Å². The molecule has 0 bridgehead atoms. The summed E-state index contributed by atoms with van der Waals surface area (Å²) in [6.07, 6.45) is 0. The number of hydrogen-bond donors (Lipinski definition) is 0. The number of aromatic nitrogens is 1. The van der Waals surface area contributed by atoms with Crippen LogP contribution in [0.2, 0.25) is 5.02 Å². The number of rotatable bonds is 4. The van der Waals surface area contributed by atoms with E-state index < -0.39 is 0 Å². The largest absolute Gasteiger partial charge is 0.368 e. The lowest BCUT2D eigenvalue weighted by molar-refractivity contribution is 0.0591. The van der Waals surface area contributed by atoms with Gasteiger partial charge in [-0.1, -0.05) is 11.6 Å². The first-order chi connectivity index (χ1) is 14.0. The highest BCUT2D eigenvalue weighted by atomic mass is 35.5. The van der Waals surface area contributed by atoms with Crippen LogP contribution < -0.4 is 9.80 Å². The summed E-state index contributed by atoms with van der Waals surface area (Å²) in [6, 6.07) is 8.53. The Morgan fingerprint density at radius 2 is 1.59 bits per heavy atom. The number of carbonyl (C=O) groups excluding carboxylic acids is 1. The number of carbonyl (C=O) groups is 1. The van der Waals surface area contributed by atoms with Crippen molar-refractivity contribution in [3.05, 3.63) is 40.4 Å². The van der Waals surface area contributed by atoms with Gasteiger partial charge in [-0.15, -0.1) is 11.3 Å². The molecular weight excluding hydrogens is 406 g/mol. The van der Waals surface area contributed by atoms with Crippen molar-refractivity contribution in [3.8, 4) is 0 Å². The maximum absolute atomic E-state index is 12.9. The van der Waals surface area contributed by atoms with Crippen LogP contribution in [0.25, 0.3) is 0 Å². The van der Waals surface area contributed by atoms with Crippen LogP contribution in [0.5, 0.6) is 0 Å². The number of halogens is 1. The third kappa shape index (κ3) is 4.68. The van der Waals surface area contributed by atoms with Gasteiger partial charge in [0.2, 0.25) is 0 Å². The second-order valence-corrected chi connectivity index (χ2v) is 9.16. The summed E-state index contributed by atoms with van der Waals surface area (Å²) in [5, 5.41) is 3.63. The van der Waals surface area contributed by atoms with Crippen molar-refractivity contribution >= 4 is 39.7 Å². The van der Waals surface area contributed by atoms with Gasteiger partial charge in [0.25, 0.3) is 5.91 Å². The molecule has 0 saturated carbocycles. The third-order valence-corrected chi connectivity index (χ3v) is 6.94. The van der Waals surface area contributed by atoms with Crippen LogP contribution in [0.15, 0.2) is 29.6 Å². The lowest BCUT2D eigenvalue weighted by Gasteiger charge is -2.36. The Morgan fingerprint density at radius 3 is 2.21 bits per heavy atom. The van der Waals surface area contributed by atoms with E-state index in [2.05, 4.69) is 45.7 Å². The molecule has 2 aliphatic heterocycles. The third-order valence-electron chi connectivity index (χ3n) is 5.78. The van der Waals surface area contributed by atoms with E-state index in [4.69, 9.17) is 11.6 Å². The van der Waals surface area contributed by atoms with E-state index in [1.807, 2.05) is 22.4 Å². The summed E-state index contributed by atoms with van der Waals surface area (Å²) < 4.78 is 0. The van der Waals surface area contributed by atoms with Gasteiger partial charge in [-0.3, -0.25) is 9.69 Å². The molecule has 1 aromatic carbocycles. The number of amides is 1. The van der Waals surface area contributed by atoms with E-state index in [9.17, 15) is 4.79 Å². The summed E-state index contributed by atoms with van der Waals surface area (Å²) >= 11 is 7.57. The van der Waals surface area contributed by atoms with Crippen LogP contribution >= 0.6 is 22.9 Å². The molecule has 2 aromatic rings. The maximum Gasteiger partial charge on any atom is 0.273 e. The van der Waals surface area contributed by atoms with Crippen LogP contribution in [-0.4, -0.2) is 79.1 Å². The molecule has 29 heavy (non-hydrogen) atoms. The molecule has 156 valence electrons. The van der Waals surface area contributed by atoms with Crippen molar-refractivity contribution in [2.75, 3.05) is 62.2 Å². The molecule has 2 aliphatic rings. The van der Waals surface area contributed by atoms with Crippen molar-refractivity contribution in [1.82, 2.24) is 14.8 Å². The smallest absolute Gasteiger partial charge is 0.273 e. The fourth-order valence-electron chi connectivity index (χ4n) is 3.92. The molecule has 8 heteroatoms. The molecule has 0 N–H and O–H groups in total. The van der Waals surface area contributed by atoms with Crippen LogP contribution in [0.4, 0.5) is 10.8 Å². The number of anilines is 2. The number of hydrogen-bond acceptors (Lipinski definition) is 6. The zero-order valence-electron chi connectivity index (χ0n) is 17.1. The van der Waals surface area contributed by atoms with Crippen molar-refractivity contribution in [2.45, 2.75) is 19.9 Å². The zero-order chi connectivity index (χ0) is 20.4. The van der Waals surface area contributed by atoms with Crippen molar-refractivity contribution < 1.29 is 4.79 Å². The molecule has 3 heterocycles. The van der Waals surface area contributed by atoms with Gasteiger partial charge in [-0.25, -0.2) is 4.98 Å². The lowest BCUT2D eigenvalue weighted by atomic mass is 10.2. The molecular formula is C21H28ClN5OS. The predicted octanol–water partition coefficient (Wildman–Crippen LogP) is 3.29. The van der Waals surface area contributed by atoms with Crippen molar-refractivity contribution in [3.63, 3.8) is 0 Å². The van der Waals surface area contributed by atoms with Crippen molar-refractivity contribution in [2.24, 2.45) is 0 Å². The topological polar surface area (TPSA) is 42.9 Å². The molecule has 4 rings (SSSR count). The van der Waals surface area contributed by atoms with E-state index in [-0.39, 0.29) is 5.91 Å². The van der Waals surface area contributed by atoms with E-state index >= 15 is 0 Å². The van der Waals surface area contributed by atoms with E-state index in [1.54, 1.807) is 11.3 Å². The van der Waals surface area contributed by atoms with Crippen LogP contribution in [0.3, 0.4) is 0 Å². The molecule has 1 amide bonds. The summed E-state index contributed by atoms with van der Waals surface area (Å²) in [5.41, 5.74) is 1.78. The molecule has 0 atom stereocenters. The molecule has 6 nitrogen and oxygen atoms in total. The highest BCUT2D eigenvalue weighted by Gasteiger charge is 2.26. The molecule has 0 unspecified atom stereocenters. The van der Waals surface area contributed by atoms with Gasteiger partial charge in [0.05, 0.1) is 0 Å². The molecule has 1 aromatic heterocycles. The molecule has 0 aliphatic carbocycles. The SMILES string of the molecule is CC(C)N1CCN(C(=O)c2csc(N3CCN(c4ccc(Cl)cc4)CC3)n2)CC1. The Morgan fingerprint density at radius 1 is 0.966 bits per heavy atom. The van der Waals surface area contributed by atoms with E-state index in [0.717, 1.165) is 62.5 Å². The number of nitrogens with zero attached hydrogens (tertiary/aromatic N) is 5. The van der Waals surface area contributed by atoms with Crippen LogP contribution in [0, 0.1) is 0 Å². The standard InChI is InChI=1S/C21H28ClN5OS/c1-16(2)24-7-11-26(12-8-24)20(28)19-15-29-21(23-19)27-13-9-25(10-14-27)18-5-3-17(22)4-6-18/h3-6,15-16H,7-14H2,1-2H3. The Hall–Kier alpha value is -1.83. The summed E-state index contributed by atoms with van der Waals surface area (Å²) in [4.78, 5) is 26.5. The second kappa shape index (κ2) is 8.90. The van der Waals surface area contributed by atoms with Gasteiger partial charge in [0.15, 0.2) is 5.13 Å². The van der Waals surface area contributed by atoms with Gasteiger partial charge >= 0.3 is 0 Å². The minimum Gasteiger partial charge on any atom is -0.368 e. The molecule has 0 radical (unpaired) electrons. The minimum atomic E-state index is 0.0655. The average Bonchev–Trinajstić information content (AvgIpc) is 3.24. The van der Waals surface area contributed by atoms with Gasteiger partial charge in [-0.05, 0) is 38.1 Å². The first-order valence-electron chi connectivity index (χ1n) is 10.3. The fraction of sp³-hybridized carbons (Fsp3) is 0.524. The maximum atomic E-state index is 12.9. The predicted molar refractivity (Wildman–Crippen MR) is 121 cm³/mol. The van der Waals surface area contributed by atoms with Crippen LogP contribution in [0.1, 0.15) is 24.3 Å². The Balaban J connectivity index is 1.32. The molecule has 0 spiro atoms. The fourth-order valence-corrected chi connectivity index (χ4v) is 4.90. The van der Waals surface area contributed by atoms with Crippen LogP contribution in [-0.2, 0) is 0 Å². The van der Waals surface area contributed by atoms with Gasteiger partial charge in [0.1, 0.15) is 5.69 Å². The summed E-state index contributed by atoms with van der Waals surface area (Å²) in [5.74, 6) is 0.0655. The second-order valence-electron chi connectivity index (χ2n) is 7.89. The zero-order valence-corrected chi connectivity index (χ0v) is 18.6. The number of piperazine rings is 2. The highest BCUT2D eigenvalue weighted by molar-refractivity contribution is 7.13. The van der Waals surface area contributed by atoms with Gasteiger partial charge in [0, 0.05) is 74.5 Å². The normalized spacial score (nSPS) is 18.6. The number of thiazole rings is 1. The first kappa shape index (κ1) is 20.4. The number of benzene rings is 1. The van der Waals surface area contributed by atoms with Crippen molar-refractivity contribution in [1.29, 1.82) is 0 Å². The minimum absolute atomic E-state index is 0.0655. The summed E-state index contributed by atoms with van der Waals surface area (Å²) in [6.45, 7) is 11.5.